The van der Waals surface area contributed by atoms with Crippen molar-refractivity contribution in [2.24, 2.45) is 5.92 Å². The molecule has 1 nitrogen and oxygen atoms in total. The molecule has 0 bridgehead atoms. The molecule has 0 aromatic carbocycles. The Morgan fingerprint density at radius 2 is 2.00 bits per heavy atom. The maximum Gasteiger partial charge on any atom is 0.146 e. The van der Waals surface area contributed by atoms with Crippen molar-refractivity contribution in [3.63, 3.8) is 0 Å². The normalized spacial score (nSPS) is 22.7. The summed E-state index contributed by atoms with van der Waals surface area (Å²) in [5.41, 5.74) is 3.45. The van der Waals surface area contributed by atoms with Gasteiger partial charge in [-0.15, -0.1) is 0 Å². The first-order chi connectivity index (χ1) is 8.19. The maximum absolute atomic E-state index is 11.1. The standard InChI is InChI=1S/C16H22O/c1-4-5-6-7-14(3)16-11-9-13(2)8-10-15(16)12-17/h4-7,12-13H,1,8-11H2,2-3H3/b6-5-,14-7+. The summed E-state index contributed by atoms with van der Waals surface area (Å²) < 4.78 is 0. The summed E-state index contributed by atoms with van der Waals surface area (Å²) in [6.45, 7) is 7.99. The second kappa shape index (κ2) is 7.05. The summed E-state index contributed by atoms with van der Waals surface area (Å²) in [6.07, 6.45) is 13.0. The van der Waals surface area contributed by atoms with Gasteiger partial charge in [0, 0.05) is 0 Å². The first-order valence-corrected chi connectivity index (χ1v) is 6.32. The minimum Gasteiger partial charge on any atom is -0.298 e. The SMILES string of the molecule is C=C/C=C\C=C(/C)C1=C(C=O)CCC(C)CC1. The average Bonchev–Trinajstić information content (AvgIpc) is 2.51. The second-order valence-corrected chi connectivity index (χ2v) is 4.77. The molecule has 0 spiro atoms. The average molecular weight is 230 g/mol. The Morgan fingerprint density at radius 3 is 2.65 bits per heavy atom. The van der Waals surface area contributed by atoms with Crippen molar-refractivity contribution in [2.75, 3.05) is 0 Å². The van der Waals surface area contributed by atoms with E-state index in [1.807, 2.05) is 12.2 Å². The zero-order valence-corrected chi connectivity index (χ0v) is 10.9. The number of hydrogen-bond acceptors (Lipinski definition) is 1. The molecule has 0 aromatic heterocycles. The Kier molecular flexibility index (Phi) is 5.68. The van der Waals surface area contributed by atoms with Crippen LogP contribution < -0.4 is 0 Å². The lowest BCUT2D eigenvalue weighted by atomic mass is 9.97. The lowest BCUT2D eigenvalue weighted by Crippen LogP contribution is -1.93. The van der Waals surface area contributed by atoms with Crippen LogP contribution in [0.2, 0.25) is 0 Å². The van der Waals surface area contributed by atoms with E-state index in [9.17, 15) is 4.79 Å². The molecular weight excluding hydrogens is 208 g/mol. The minimum atomic E-state index is 0.721. The fourth-order valence-electron chi connectivity index (χ4n) is 2.21. The molecule has 0 fully saturated rings. The van der Waals surface area contributed by atoms with E-state index < -0.39 is 0 Å². The third-order valence-corrected chi connectivity index (χ3v) is 3.39. The van der Waals surface area contributed by atoms with Crippen molar-refractivity contribution in [1.29, 1.82) is 0 Å². The van der Waals surface area contributed by atoms with Crippen LogP contribution >= 0.6 is 0 Å². The number of carbonyl (C=O) groups excluding carboxylic acids is 1. The summed E-state index contributed by atoms with van der Waals surface area (Å²) in [5, 5.41) is 0. The Hall–Kier alpha value is -1.37. The van der Waals surface area contributed by atoms with Crippen molar-refractivity contribution in [3.8, 4) is 0 Å². The fraction of sp³-hybridized carbons (Fsp3) is 0.438. The lowest BCUT2D eigenvalue weighted by molar-refractivity contribution is -0.105. The quantitative estimate of drug-likeness (QED) is 0.517. The molecule has 1 aliphatic rings. The monoisotopic (exact) mass is 230 g/mol. The summed E-state index contributed by atoms with van der Waals surface area (Å²) in [7, 11) is 0. The molecule has 1 aliphatic carbocycles. The molecule has 17 heavy (non-hydrogen) atoms. The highest BCUT2D eigenvalue weighted by Gasteiger charge is 2.15. The van der Waals surface area contributed by atoms with Crippen LogP contribution in [0.5, 0.6) is 0 Å². The Labute approximate surface area is 105 Å². The van der Waals surface area contributed by atoms with Gasteiger partial charge in [-0.2, -0.15) is 0 Å². The van der Waals surface area contributed by atoms with E-state index in [1.54, 1.807) is 6.08 Å². The van der Waals surface area contributed by atoms with Crippen LogP contribution in [0.3, 0.4) is 0 Å². The molecule has 0 aliphatic heterocycles. The van der Waals surface area contributed by atoms with Crippen LogP contribution in [0.25, 0.3) is 0 Å². The van der Waals surface area contributed by atoms with Gasteiger partial charge in [-0.3, -0.25) is 4.79 Å². The topological polar surface area (TPSA) is 17.1 Å². The highest BCUT2D eigenvalue weighted by molar-refractivity contribution is 5.76. The number of hydrogen-bond donors (Lipinski definition) is 0. The van der Waals surface area contributed by atoms with E-state index >= 15 is 0 Å². The van der Waals surface area contributed by atoms with E-state index in [-0.39, 0.29) is 0 Å². The fourth-order valence-corrected chi connectivity index (χ4v) is 2.21. The van der Waals surface area contributed by atoms with Crippen LogP contribution in [0.15, 0.2) is 47.6 Å². The van der Waals surface area contributed by atoms with Gasteiger partial charge in [-0.05, 0) is 55.2 Å². The van der Waals surface area contributed by atoms with Crippen LogP contribution in [0.4, 0.5) is 0 Å². The Balaban J connectivity index is 2.93. The zero-order valence-electron chi connectivity index (χ0n) is 10.9. The van der Waals surface area contributed by atoms with Gasteiger partial charge in [-0.25, -0.2) is 0 Å². The highest BCUT2D eigenvalue weighted by Crippen LogP contribution is 2.30. The largest absolute Gasteiger partial charge is 0.298 e. The summed E-state index contributed by atoms with van der Waals surface area (Å²) in [5.74, 6) is 0.721. The van der Waals surface area contributed by atoms with Crippen LogP contribution in [-0.4, -0.2) is 6.29 Å². The summed E-state index contributed by atoms with van der Waals surface area (Å²) in [6, 6.07) is 0. The smallest absolute Gasteiger partial charge is 0.146 e. The first-order valence-electron chi connectivity index (χ1n) is 6.32. The van der Waals surface area contributed by atoms with Crippen molar-refractivity contribution in [3.05, 3.63) is 47.6 Å². The van der Waals surface area contributed by atoms with Crippen LogP contribution in [-0.2, 0) is 4.79 Å². The van der Waals surface area contributed by atoms with E-state index in [1.165, 1.54) is 17.6 Å². The maximum atomic E-state index is 11.1. The Bertz CT molecular complexity index is 369. The van der Waals surface area contributed by atoms with Gasteiger partial charge in [-0.1, -0.05) is 37.8 Å². The Morgan fingerprint density at radius 1 is 1.29 bits per heavy atom. The molecule has 1 unspecified atom stereocenters. The second-order valence-electron chi connectivity index (χ2n) is 4.77. The molecule has 0 aromatic rings. The molecule has 1 rings (SSSR count). The molecular formula is C16H22O. The molecule has 0 saturated carbocycles. The van der Waals surface area contributed by atoms with Gasteiger partial charge in [0.1, 0.15) is 6.29 Å². The van der Waals surface area contributed by atoms with E-state index in [2.05, 4.69) is 26.5 Å². The van der Waals surface area contributed by atoms with Crippen molar-refractivity contribution < 1.29 is 4.79 Å². The third kappa shape index (κ3) is 4.18. The molecule has 0 saturated heterocycles. The first kappa shape index (κ1) is 13.7. The zero-order chi connectivity index (χ0) is 12.7. The number of rotatable bonds is 4. The summed E-state index contributed by atoms with van der Waals surface area (Å²) >= 11 is 0. The molecule has 0 radical (unpaired) electrons. The van der Waals surface area contributed by atoms with Crippen molar-refractivity contribution in [2.45, 2.75) is 39.5 Å². The molecule has 1 atom stereocenters. The van der Waals surface area contributed by atoms with Gasteiger partial charge in [0.25, 0.3) is 0 Å². The van der Waals surface area contributed by atoms with E-state index in [0.717, 1.165) is 37.0 Å². The molecule has 0 heterocycles. The van der Waals surface area contributed by atoms with Crippen molar-refractivity contribution >= 4 is 6.29 Å². The summed E-state index contributed by atoms with van der Waals surface area (Å²) in [4.78, 5) is 11.1. The van der Waals surface area contributed by atoms with E-state index in [4.69, 9.17) is 0 Å². The molecule has 1 heteroatoms. The van der Waals surface area contributed by atoms with Gasteiger partial charge in [0.05, 0.1) is 0 Å². The van der Waals surface area contributed by atoms with Gasteiger partial charge < -0.3 is 0 Å². The predicted molar refractivity (Wildman–Crippen MR) is 73.8 cm³/mol. The highest BCUT2D eigenvalue weighted by atomic mass is 16.1. The predicted octanol–water partition coefficient (Wildman–Crippen LogP) is 4.38. The van der Waals surface area contributed by atoms with Gasteiger partial charge >= 0.3 is 0 Å². The van der Waals surface area contributed by atoms with Gasteiger partial charge in [0.2, 0.25) is 0 Å². The molecule has 0 amide bonds. The number of aldehydes is 1. The van der Waals surface area contributed by atoms with Crippen LogP contribution in [0.1, 0.15) is 39.5 Å². The van der Waals surface area contributed by atoms with Crippen molar-refractivity contribution in [1.82, 2.24) is 0 Å². The number of allylic oxidation sites excluding steroid dienone is 7. The van der Waals surface area contributed by atoms with Gasteiger partial charge in [0.15, 0.2) is 0 Å². The minimum absolute atomic E-state index is 0.721. The molecule has 0 N–H and O–H groups in total. The van der Waals surface area contributed by atoms with E-state index in [0.29, 0.717) is 0 Å². The lowest BCUT2D eigenvalue weighted by Gasteiger charge is -2.08. The third-order valence-electron chi connectivity index (χ3n) is 3.39. The number of carbonyl (C=O) groups is 1. The van der Waals surface area contributed by atoms with Crippen LogP contribution in [0, 0.1) is 5.92 Å². The molecule has 92 valence electrons.